The van der Waals surface area contributed by atoms with Crippen molar-refractivity contribution in [2.45, 2.75) is 31.2 Å². The van der Waals surface area contributed by atoms with Gasteiger partial charge in [0.2, 0.25) is 10.0 Å². The van der Waals surface area contributed by atoms with E-state index in [1.165, 1.54) is 5.38 Å². The largest absolute Gasteiger partial charge is 0.477 e. The Balaban J connectivity index is 2.94. The minimum Gasteiger partial charge on any atom is -0.477 e. The van der Waals surface area contributed by atoms with Crippen LogP contribution >= 0.6 is 11.3 Å². The van der Waals surface area contributed by atoms with Gasteiger partial charge < -0.3 is 5.11 Å². The molecule has 1 atom stereocenters. The zero-order chi connectivity index (χ0) is 12.3. The van der Waals surface area contributed by atoms with Crippen LogP contribution in [0.3, 0.4) is 0 Å². The Morgan fingerprint density at radius 2 is 2.25 bits per heavy atom. The average Bonchev–Trinajstić information content (AvgIpc) is 2.66. The summed E-state index contributed by atoms with van der Waals surface area (Å²) in [5.74, 6) is -1.12. The zero-order valence-corrected chi connectivity index (χ0v) is 10.6. The molecule has 0 aliphatic rings. The number of carbonyl (C=O) groups is 1. The van der Waals surface area contributed by atoms with Crippen molar-refractivity contribution in [2.24, 2.45) is 0 Å². The topological polar surface area (TPSA) is 83.5 Å². The molecule has 0 aromatic carbocycles. The van der Waals surface area contributed by atoms with Crippen LogP contribution in [0, 0.1) is 0 Å². The van der Waals surface area contributed by atoms with Gasteiger partial charge in [0.15, 0.2) is 0 Å². The zero-order valence-electron chi connectivity index (χ0n) is 8.93. The molecule has 1 aromatic heterocycles. The first-order valence-corrected chi connectivity index (χ1v) is 7.07. The Bertz CT molecular complexity index is 477. The van der Waals surface area contributed by atoms with Gasteiger partial charge in [-0.1, -0.05) is 6.92 Å². The highest BCUT2D eigenvalue weighted by atomic mass is 32.2. The summed E-state index contributed by atoms with van der Waals surface area (Å²) in [4.78, 5) is 10.6. The van der Waals surface area contributed by atoms with Gasteiger partial charge in [0, 0.05) is 11.4 Å². The third kappa shape index (κ3) is 3.03. The van der Waals surface area contributed by atoms with Crippen LogP contribution in [0.4, 0.5) is 0 Å². The molecule has 2 N–H and O–H groups in total. The molecule has 0 spiro atoms. The van der Waals surface area contributed by atoms with Gasteiger partial charge in [0.25, 0.3) is 0 Å². The van der Waals surface area contributed by atoms with Gasteiger partial charge >= 0.3 is 5.97 Å². The summed E-state index contributed by atoms with van der Waals surface area (Å²) in [6.07, 6.45) is 0.676. The second-order valence-electron chi connectivity index (χ2n) is 3.38. The molecule has 1 unspecified atom stereocenters. The Morgan fingerprint density at radius 3 is 2.69 bits per heavy atom. The third-order valence-electron chi connectivity index (χ3n) is 2.07. The van der Waals surface area contributed by atoms with Gasteiger partial charge in [-0.15, -0.1) is 11.3 Å². The van der Waals surface area contributed by atoms with Gasteiger partial charge in [-0.2, -0.15) is 0 Å². The highest BCUT2D eigenvalue weighted by molar-refractivity contribution is 7.89. The molecule has 0 radical (unpaired) electrons. The molecule has 5 nitrogen and oxygen atoms in total. The summed E-state index contributed by atoms with van der Waals surface area (Å²) < 4.78 is 25.9. The second-order valence-corrected chi connectivity index (χ2v) is 6.01. The number of nitrogens with one attached hydrogen (secondary N) is 1. The van der Waals surface area contributed by atoms with E-state index in [4.69, 9.17) is 5.11 Å². The van der Waals surface area contributed by atoms with E-state index >= 15 is 0 Å². The van der Waals surface area contributed by atoms with Crippen molar-refractivity contribution in [3.63, 3.8) is 0 Å². The summed E-state index contributed by atoms with van der Waals surface area (Å²) in [5, 5.41) is 10.0. The first-order chi connectivity index (χ1) is 7.36. The second kappa shape index (κ2) is 4.94. The van der Waals surface area contributed by atoms with E-state index < -0.39 is 16.0 Å². The van der Waals surface area contributed by atoms with Crippen LogP contribution in [-0.4, -0.2) is 25.5 Å². The highest BCUT2D eigenvalue weighted by Crippen LogP contribution is 2.19. The van der Waals surface area contributed by atoms with Gasteiger partial charge in [-0.25, -0.2) is 17.9 Å². The number of hydrogen-bond acceptors (Lipinski definition) is 4. The van der Waals surface area contributed by atoms with E-state index in [1.807, 2.05) is 6.92 Å². The summed E-state index contributed by atoms with van der Waals surface area (Å²) >= 11 is 0.900. The predicted octanol–water partition coefficient (Wildman–Crippen LogP) is 1.52. The van der Waals surface area contributed by atoms with Crippen LogP contribution in [0.2, 0.25) is 0 Å². The van der Waals surface area contributed by atoms with Crippen molar-refractivity contribution < 1.29 is 18.3 Å². The number of thiophene rings is 1. The fourth-order valence-corrected chi connectivity index (χ4v) is 3.43. The third-order valence-corrected chi connectivity index (χ3v) is 4.70. The molecule has 0 aliphatic carbocycles. The Hall–Kier alpha value is -0.920. The van der Waals surface area contributed by atoms with E-state index in [2.05, 4.69) is 4.72 Å². The molecule has 7 heteroatoms. The molecule has 0 fully saturated rings. The van der Waals surface area contributed by atoms with Gasteiger partial charge in [-0.05, 0) is 19.4 Å². The summed E-state index contributed by atoms with van der Waals surface area (Å²) in [6.45, 7) is 3.62. The summed E-state index contributed by atoms with van der Waals surface area (Å²) in [7, 11) is -3.59. The van der Waals surface area contributed by atoms with Crippen molar-refractivity contribution in [3.8, 4) is 0 Å². The monoisotopic (exact) mass is 263 g/mol. The normalized spacial score (nSPS) is 13.6. The fraction of sp³-hybridized carbons (Fsp3) is 0.444. The number of carboxylic acid groups (broad SMARTS) is 1. The van der Waals surface area contributed by atoms with Crippen LogP contribution in [0.1, 0.15) is 29.9 Å². The number of carboxylic acids is 1. The lowest BCUT2D eigenvalue weighted by atomic mass is 10.3. The lowest BCUT2D eigenvalue weighted by Crippen LogP contribution is -2.31. The van der Waals surface area contributed by atoms with Crippen LogP contribution in [0.25, 0.3) is 0 Å². The van der Waals surface area contributed by atoms with Gasteiger partial charge in [-0.3, -0.25) is 0 Å². The molecule has 16 heavy (non-hydrogen) atoms. The first kappa shape index (κ1) is 13.1. The van der Waals surface area contributed by atoms with Crippen LogP contribution in [0.5, 0.6) is 0 Å². The van der Waals surface area contributed by atoms with Crippen molar-refractivity contribution in [1.29, 1.82) is 0 Å². The molecule has 0 bridgehead atoms. The molecule has 0 aliphatic heterocycles. The molecular formula is C9H13NO4S2. The molecule has 90 valence electrons. The SMILES string of the molecule is CCC(C)NS(=O)(=O)c1csc(C(=O)O)c1. The maximum atomic E-state index is 11.7. The molecular weight excluding hydrogens is 250 g/mol. The van der Waals surface area contributed by atoms with Crippen LogP contribution in [0.15, 0.2) is 16.3 Å². The number of hydrogen-bond donors (Lipinski definition) is 2. The minimum atomic E-state index is -3.59. The van der Waals surface area contributed by atoms with E-state index in [1.54, 1.807) is 6.92 Å². The lowest BCUT2D eigenvalue weighted by Gasteiger charge is -2.10. The molecule has 0 amide bonds. The predicted molar refractivity (Wildman–Crippen MR) is 61.4 cm³/mol. The number of aromatic carboxylic acids is 1. The van der Waals surface area contributed by atoms with E-state index in [-0.39, 0.29) is 15.8 Å². The molecule has 1 heterocycles. The van der Waals surface area contributed by atoms with Crippen molar-refractivity contribution in [1.82, 2.24) is 4.72 Å². The van der Waals surface area contributed by atoms with E-state index in [0.29, 0.717) is 6.42 Å². The Morgan fingerprint density at radius 1 is 1.62 bits per heavy atom. The maximum Gasteiger partial charge on any atom is 0.345 e. The smallest absolute Gasteiger partial charge is 0.345 e. The molecule has 0 saturated carbocycles. The fourth-order valence-electron chi connectivity index (χ4n) is 0.988. The summed E-state index contributed by atoms with van der Waals surface area (Å²) in [6, 6.07) is 0.996. The van der Waals surface area contributed by atoms with E-state index in [0.717, 1.165) is 17.4 Å². The first-order valence-electron chi connectivity index (χ1n) is 4.71. The van der Waals surface area contributed by atoms with Crippen molar-refractivity contribution in [2.75, 3.05) is 0 Å². The van der Waals surface area contributed by atoms with Gasteiger partial charge in [0.1, 0.15) is 4.88 Å². The molecule has 1 rings (SSSR count). The molecule has 0 saturated heterocycles. The average molecular weight is 263 g/mol. The van der Waals surface area contributed by atoms with Gasteiger partial charge in [0.05, 0.1) is 4.90 Å². The molecule has 1 aromatic rings. The maximum absolute atomic E-state index is 11.7. The number of sulfonamides is 1. The van der Waals surface area contributed by atoms with Crippen molar-refractivity contribution in [3.05, 3.63) is 16.3 Å². The lowest BCUT2D eigenvalue weighted by molar-refractivity contribution is 0.0702. The van der Waals surface area contributed by atoms with E-state index in [9.17, 15) is 13.2 Å². The van der Waals surface area contributed by atoms with Crippen molar-refractivity contribution >= 4 is 27.3 Å². The minimum absolute atomic E-state index is 0.00944. The Labute approximate surface area is 98.2 Å². The number of rotatable bonds is 5. The standard InChI is InChI=1S/C9H13NO4S2/c1-3-6(2)10-16(13,14)7-4-8(9(11)12)15-5-7/h4-6,10H,3H2,1-2H3,(H,11,12). The van der Waals surface area contributed by atoms with Crippen LogP contribution in [-0.2, 0) is 10.0 Å². The summed E-state index contributed by atoms with van der Waals surface area (Å²) in [5.41, 5.74) is 0. The van der Waals surface area contributed by atoms with Crippen LogP contribution < -0.4 is 4.72 Å². The quantitative estimate of drug-likeness (QED) is 0.843. The Kier molecular flexibility index (Phi) is 4.06. The highest BCUT2D eigenvalue weighted by Gasteiger charge is 2.19.